The van der Waals surface area contributed by atoms with Crippen molar-refractivity contribution in [1.29, 1.82) is 0 Å². The molecule has 3 aromatic heterocycles. The lowest BCUT2D eigenvalue weighted by Gasteiger charge is -2.14. The smallest absolute Gasteiger partial charge is 0.320 e. The standard InChI is InChI=1S/C18H17N7O2/c1-10(12-6-4-3-5-7-12)20-18(26)21-15-8-14-13(9-19-15)16(24-23-14)17-25-22-11(2)27-17/h3-10H,1-2H3,(H,23,24)(H2,19,20,21,26)/t10-/m1/s1. The maximum absolute atomic E-state index is 12.2. The van der Waals surface area contributed by atoms with Gasteiger partial charge in [-0.15, -0.1) is 10.2 Å². The minimum atomic E-state index is -0.342. The first kappa shape index (κ1) is 16.7. The third kappa shape index (κ3) is 3.47. The summed E-state index contributed by atoms with van der Waals surface area (Å²) in [6.45, 7) is 3.62. The summed E-state index contributed by atoms with van der Waals surface area (Å²) in [6.07, 6.45) is 1.60. The number of aromatic amines is 1. The Morgan fingerprint density at radius 1 is 1.22 bits per heavy atom. The van der Waals surface area contributed by atoms with Crippen LogP contribution in [0.1, 0.15) is 24.4 Å². The fourth-order valence-electron chi connectivity index (χ4n) is 2.71. The molecule has 0 fully saturated rings. The fourth-order valence-corrected chi connectivity index (χ4v) is 2.71. The highest BCUT2D eigenvalue weighted by Gasteiger charge is 2.16. The number of carbonyl (C=O) groups excluding carboxylic acids is 1. The van der Waals surface area contributed by atoms with Crippen LogP contribution in [0.3, 0.4) is 0 Å². The van der Waals surface area contributed by atoms with Gasteiger partial charge in [-0.3, -0.25) is 10.4 Å². The molecule has 0 spiro atoms. The predicted octanol–water partition coefficient (Wildman–Crippen LogP) is 3.20. The molecule has 136 valence electrons. The van der Waals surface area contributed by atoms with Crippen molar-refractivity contribution in [3.8, 4) is 11.6 Å². The minimum absolute atomic E-state index is 0.130. The molecule has 9 nitrogen and oxygen atoms in total. The first-order chi connectivity index (χ1) is 13.1. The molecule has 27 heavy (non-hydrogen) atoms. The van der Waals surface area contributed by atoms with E-state index in [9.17, 15) is 4.79 Å². The van der Waals surface area contributed by atoms with Gasteiger partial charge in [-0.1, -0.05) is 30.3 Å². The molecule has 1 aromatic carbocycles. The van der Waals surface area contributed by atoms with Crippen molar-refractivity contribution in [1.82, 2.24) is 30.7 Å². The number of aromatic nitrogens is 5. The maximum atomic E-state index is 12.2. The van der Waals surface area contributed by atoms with Crippen molar-refractivity contribution < 1.29 is 9.21 Å². The second-order valence-electron chi connectivity index (χ2n) is 6.04. The average molecular weight is 363 g/mol. The Morgan fingerprint density at radius 3 is 2.78 bits per heavy atom. The molecular weight excluding hydrogens is 346 g/mol. The third-order valence-electron chi connectivity index (χ3n) is 4.06. The van der Waals surface area contributed by atoms with Crippen LogP contribution in [0.4, 0.5) is 10.6 Å². The summed E-state index contributed by atoms with van der Waals surface area (Å²) in [4.78, 5) is 16.5. The van der Waals surface area contributed by atoms with E-state index in [4.69, 9.17) is 4.42 Å². The second-order valence-corrected chi connectivity index (χ2v) is 6.04. The summed E-state index contributed by atoms with van der Waals surface area (Å²) in [6, 6.07) is 10.9. The molecule has 0 saturated carbocycles. The van der Waals surface area contributed by atoms with E-state index in [0.29, 0.717) is 28.8 Å². The summed E-state index contributed by atoms with van der Waals surface area (Å²) < 4.78 is 5.40. The van der Waals surface area contributed by atoms with Crippen LogP contribution in [0.15, 0.2) is 47.0 Å². The van der Waals surface area contributed by atoms with Gasteiger partial charge >= 0.3 is 6.03 Å². The highest BCUT2D eigenvalue weighted by molar-refractivity contribution is 5.94. The molecule has 0 bridgehead atoms. The molecule has 0 radical (unpaired) electrons. The Morgan fingerprint density at radius 2 is 2.04 bits per heavy atom. The monoisotopic (exact) mass is 363 g/mol. The molecule has 0 saturated heterocycles. The molecule has 2 amide bonds. The number of nitrogens with zero attached hydrogens (tertiary/aromatic N) is 4. The number of hydrogen-bond donors (Lipinski definition) is 3. The van der Waals surface area contributed by atoms with E-state index in [2.05, 4.69) is 36.0 Å². The summed E-state index contributed by atoms with van der Waals surface area (Å²) >= 11 is 0. The van der Waals surface area contributed by atoms with Crippen molar-refractivity contribution in [2.24, 2.45) is 0 Å². The van der Waals surface area contributed by atoms with E-state index in [1.54, 1.807) is 19.2 Å². The van der Waals surface area contributed by atoms with Gasteiger partial charge in [0.15, 0.2) is 5.69 Å². The zero-order valence-electron chi connectivity index (χ0n) is 14.7. The van der Waals surface area contributed by atoms with Crippen LogP contribution in [-0.2, 0) is 0 Å². The molecule has 0 aliphatic rings. The number of fused-ring (bicyclic) bond motifs is 1. The van der Waals surface area contributed by atoms with Gasteiger partial charge in [0.1, 0.15) is 5.82 Å². The number of amides is 2. The number of H-pyrrole nitrogens is 1. The van der Waals surface area contributed by atoms with Crippen LogP contribution in [0, 0.1) is 6.92 Å². The predicted molar refractivity (Wildman–Crippen MR) is 98.9 cm³/mol. The van der Waals surface area contributed by atoms with Crippen LogP contribution in [0.25, 0.3) is 22.5 Å². The number of nitrogens with one attached hydrogen (secondary N) is 3. The van der Waals surface area contributed by atoms with E-state index in [1.165, 1.54) is 0 Å². The number of anilines is 1. The number of urea groups is 1. The normalized spacial score (nSPS) is 12.1. The summed E-state index contributed by atoms with van der Waals surface area (Å²) in [5.74, 6) is 1.17. The summed E-state index contributed by atoms with van der Waals surface area (Å²) in [7, 11) is 0. The topological polar surface area (TPSA) is 122 Å². The van der Waals surface area contributed by atoms with Crippen LogP contribution in [0.5, 0.6) is 0 Å². The van der Waals surface area contributed by atoms with Crippen LogP contribution in [0.2, 0.25) is 0 Å². The van der Waals surface area contributed by atoms with Gasteiger partial charge in [-0.25, -0.2) is 9.78 Å². The number of hydrogen-bond acceptors (Lipinski definition) is 6. The fraction of sp³-hybridized carbons (Fsp3) is 0.167. The van der Waals surface area contributed by atoms with Crippen LogP contribution < -0.4 is 10.6 Å². The van der Waals surface area contributed by atoms with Crippen molar-refractivity contribution in [3.05, 3.63) is 54.0 Å². The zero-order valence-corrected chi connectivity index (χ0v) is 14.7. The van der Waals surface area contributed by atoms with E-state index >= 15 is 0 Å². The SMILES string of the molecule is Cc1nnc(-c2n[nH]c3cc(NC(=O)N[C@H](C)c4ccccc4)ncc23)o1. The van der Waals surface area contributed by atoms with Gasteiger partial charge in [-0.05, 0) is 12.5 Å². The van der Waals surface area contributed by atoms with Gasteiger partial charge in [0.25, 0.3) is 5.89 Å². The Hall–Kier alpha value is -3.75. The Balaban J connectivity index is 1.49. The first-order valence-corrected chi connectivity index (χ1v) is 8.37. The van der Waals surface area contributed by atoms with Gasteiger partial charge in [-0.2, -0.15) is 5.10 Å². The second kappa shape index (κ2) is 6.87. The van der Waals surface area contributed by atoms with Crippen molar-refractivity contribution in [3.63, 3.8) is 0 Å². The average Bonchev–Trinajstić information content (AvgIpc) is 3.27. The molecule has 9 heteroatoms. The van der Waals surface area contributed by atoms with Crippen LogP contribution >= 0.6 is 0 Å². The Bertz CT molecular complexity index is 1090. The maximum Gasteiger partial charge on any atom is 0.320 e. The molecule has 4 rings (SSSR count). The quantitative estimate of drug-likeness (QED) is 0.512. The van der Waals surface area contributed by atoms with Gasteiger partial charge < -0.3 is 9.73 Å². The van der Waals surface area contributed by atoms with Crippen LogP contribution in [-0.4, -0.2) is 31.4 Å². The number of aryl methyl sites for hydroxylation is 1. The molecule has 3 heterocycles. The number of benzene rings is 1. The van der Waals surface area contributed by atoms with E-state index in [1.807, 2.05) is 37.3 Å². The minimum Gasteiger partial charge on any atom is -0.420 e. The molecular formula is C18H17N7O2. The Labute approximate surface area is 154 Å². The van der Waals surface area contributed by atoms with E-state index in [-0.39, 0.29) is 12.1 Å². The largest absolute Gasteiger partial charge is 0.420 e. The highest BCUT2D eigenvalue weighted by atomic mass is 16.4. The summed E-state index contributed by atoms with van der Waals surface area (Å²) in [5.41, 5.74) is 2.23. The molecule has 3 N–H and O–H groups in total. The molecule has 4 aromatic rings. The number of rotatable bonds is 4. The van der Waals surface area contributed by atoms with Gasteiger partial charge in [0.2, 0.25) is 5.89 Å². The Kier molecular flexibility index (Phi) is 4.25. The lowest BCUT2D eigenvalue weighted by molar-refractivity contribution is 0.249. The highest BCUT2D eigenvalue weighted by Crippen LogP contribution is 2.25. The number of carbonyl (C=O) groups is 1. The lowest BCUT2D eigenvalue weighted by Crippen LogP contribution is -2.31. The lowest BCUT2D eigenvalue weighted by atomic mass is 10.1. The number of pyridine rings is 1. The third-order valence-corrected chi connectivity index (χ3v) is 4.06. The molecule has 0 unspecified atom stereocenters. The molecule has 0 aliphatic carbocycles. The molecule has 0 aliphatic heterocycles. The molecule has 1 atom stereocenters. The van der Waals surface area contributed by atoms with Crippen molar-refractivity contribution >= 4 is 22.8 Å². The summed E-state index contributed by atoms with van der Waals surface area (Å²) in [5, 5.41) is 21.2. The van der Waals surface area contributed by atoms with Gasteiger partial charge in [0, 0.05) is 19.2 Å². The van der Waals surface area contributed by atoms with E-state index < -0.39 is 0 Å². The first-order valence-electron chi connectivity index (χ1n) is 8.37. The van der Waals surface area contributed by atoms with Crippen molar-refractivity contribution in [2.75, 3.05) is 5.32 Å². The van der Waals surface area contributed by atoms with E-state index in [0.717, 1.165) is 10.9 Å². The van der Waals surface area contributed by atoms with Crippen molar-refractivity contribution in [2.45, 2.75) is 19.9 Å². The zero-order chi connectivity index (χ0) is 18.8. The van der Waals surface area contributed by atoms with Gasteiger partial charge in [0.05, 0.1) is 16.9 Å².